The molecule has 6 aromatic rings. The Morgan fingerprint density at radius 1 is 0.974 bits per heavy atom. The molecular weight excluding hydrogens is 714 g/mol. The molecule has 0 aliphatic rings. The van der Waals surface area contributed by atoms with E-state index in [1.165, 1.54) is 66.5 Å². The van der Waals surface area contributed by atoms with Crippen LogP contribution in [0.2, 0.25) is 0 Å². The second-order valence-corrected chi connectivity index (χ2v) is 11.5. The molecular formula is C33H28IrNO2Se-. The molecule has 0 spiro atoms. The van der Waals surface area contributed by atoms with Gasteiger partial charge in [0.25, 0.3) is 0 Å². The molecule has 3 nitrogen and oxygen atoms in total. The topological polar surface area (TPSA) is 50.2 Å². The molecule has 0 saturated heterocycles. The number of aryl methyl sites for hydroxylation is 2. The molecule has 0 bridgehead atoms. The van der Waals surface area contributed by atoms with Crippen LogP contribution in [-0.4, -0.2) is 30.4 Å². The van der Waals surface area contributed by atoms with Crippen molar-refractivity contribution in [3.63, 3.8) is 0 Å². The zero-order chi connectivity index (χ0) is 26.1. The number of carbonyl (C=O) groups is 1. The standard InChI is InChI=1S/C28H20NSe.C5H8O2.Ir/c1-3-18-10-13-19-14-15-22-25-21-6-4-5-7-24(21)29-26(20-11-8-17(2)9-12-20)28(25)30-27(22)23(19)16-18;1-4(6)3-5(2)7;/h4-11,13-16H,3H2,1-2H3;3,6H,1-2H3;/q-1;;/b;4-3-;. The number of aliphatic hydroxyl groups excluding tert-OH is 1. The van der Waals surface area contributed by atoms with E-state index >= 15 is 0 Å². The molecule has 1 N–H and O–H groups in total. The number of hydrogen-bond acceptors (Lipinski definition) is 3. The van der Waals surface area contributed by atoms with Crippen LogP contribution in [0, 0.1) is 13.0 Å². The molecule has 4 aromatic carbocycles. The number of hydrogen-bond donors (Lipinski definition) is 1. The van der Waals surface area contributed by atoms with Crippen LogP contribution in [0.1, 0.15) is 31.9 Å². The van der Waals surface area contributed by atoms with Gasteiger partial charge in [0, 0.05) is 26.2 Å². The van der Waals surface area contributed by atoms with E-state index in [1.54, 1.807) is 0 Å². The van der Waals surface area contributed by atoms with Gasteiger partial charge in [-0.3, -0.25) is 4.79 Å². The number of fused-ring (bicyclic) bond motifs is 7. The normalized spacial score (nSPS) is 11.4. The minimum atomic E-state index is -0.125. The Morgan fingerprint density at radius 2 is 1.74 bits per heavy atom. The summed E-state index contributed by atoms with van der Waals surface area (Å²) in [4.78, 5) is 15.1. The van der Waals surface area contributed by atoms with Gasteiger partial charge in [-0.2, -0.15) is 0 Å². The monoisotopic (exact) mass is 743 g/mol. The number of allylic oxidation sites excluding steroid dienone is 2. The van der Waals surface area contributed by atoms with Gasteiger partial charge in [-0.1, -0.05) is 0 Å². The number of aliphatic hydroxyl groups is 1. The Bertz CT molecular complexity index is 1810. The molecule has 0 aliphatic carbocycles. The Hall–Kier alpha value is -3.07. The van der Waals surface area contributed by atoms with Crippen LogP contribution >= 0.6 is 0 Å². The summed E-state index contributed by atoms with van der Waals surface area (Å²) in [7, 11) is 0. The Balaban J connectivity index is 0.000000375. The van der Waals surface area contributed by atoms with E-state index in [9.17, 15) is 4.79 Å². The maximum absolute atomic E-state index is 10.0. The molecule has 5 heteroatoms. The summed E-state index contributed by atoms with van der Waals surface area (Å²) in [5, 5.41) is 15.1. The number of para-hydroxylation sites is 1. The summed E-state index contributed by atoms with van der Waals surface area (Å²) in [5.74, 6) is -0.0625. The minimum Gasteiger partial charge on any atom is 0 e. The molecule has 2 heterocycles. The summed E-state index contributed by atoms with van der Waals surface area (Å²) in [6, 6.07) is 30.0. The summed E-state index contributed by atoms with van der Waals surface area (Å²) in [5.41, 5.74) is 5.88. The van der Waals surface area contributed by atoms with Crippen LogP contribution in [0.3, 0.4) is 0 Å². The molecule has 38 heavy (non-hydrogen) atoms. The van der Waals surface area contributed by atoms with E-state index in [0.717, 1.165) is 23.2 Å². The van der Waals surface area contributed by atoms with E-state index in [-0.39, 0.29) is 46.2 Å². The molecule has 0 aliphatic heterocycles. The zero-order valence-electron chi connectivity index (χ0n) is 21.8. The van der Waals surface area contributed by atoms with Gasteiger partial charge >= 0.3 is 182 Å². The Labute approximate surface area is 242 Å². The number of pyridine rings is 1. The number of nitrogens with zero attached hydrogens (tertiary/aromatic N) is 1. The number of rotatable bonds is 3. The second kappa shape index (κ2) is 11.8. The minimum absolute atomic E-state index is 0. The average Bonchev–Trinajstić information content (AvgIpc) is 3.28. The fourth-order valence-corrected chi connectivity index (χ4v) is 7.48. The van der Waals surface area contributed by atoms with Gasteiger partial charge < -0.3 is 5.11 Å². The van der Waals surface area contributed by atoms with Crippen molar-refractivity contribution in [3.8, 4) is 11.3 Å². The van der Waals surface area contributed by atoms with Crippen LogP contribution < -0.4 is 0 Å². The van der Waals surface area contributed by atoms with E-state index in [0.29, 0.717) is 0 Å². The van der Waals surface area contributed by atoms with Crippen molar-refractivity contribution in [2.75, 3.05) is 0 Å². The molecule has 193 valence electrons. The summed E-state index contributed by atoms with van der Waals surface area (Å²) in [6.45, 7) is 7.18. The fraction of sp³-hybridized carbons (Fsp3) is 0.152. The third-order valence-corrected chi connectivity index (χ3v) is 9.01. The molecule has 1 radical (unpaired) electrons. The quantitative estimate of drug-likeness (QED) is 0.0864. The Morgan fingerprint density at radius 3 is 2.39 bits per heavy atom. The smallest absolute Gasteiger partial charge is 0 e. The first-order valence-corrected chi connectivity index (χ1v) is 14.1. The molecule has 0 atom stereocenters. The molecule has 0 unspecified atom stereocenters. The van der Waals surface area contributed by atoms with Crippen molar-refractivity contribution in [3.05, 3.63) is 102 Å². The van der Waals surface area contributed by atoms with Gasteiger partial charge in [0.2, 0.25) is 0 Å². The third kappa shape index (κ3) is 5.53. The van der Waals surface area contributed by atoms with Gasteiger partial charge in [-0.25, -0.2) is 0 Å². The van der Waals surface area contributed by atoms with Gasteiger partial charge in [-0.05, 0) is 13.8 Å². The predicted molar refractivity (Wildman–Crippen MR) is 157 cm³/mol. The molecule has 0 fully saturated rings. The summed E-state index contributed by atoms with van der Waals surface area (Å²) >= 11 is 0.210. The SMILES string of the molecule is CC(=O)/C=C(/C)O.CCc1ccc2ccc3c([se]c4c(-c5[c-]cc(C)cc5)nc5ccccc5c43)c2c1.[Ir]. The van der Waals surface area contributed by atoms with Crippen molar-refractivity contribution in [1.29, 1.82) is 0 Å². The average molecular weight is 742 g/mol. The largest absolute Gasteiger partial charge is 0 e. The Kier molecular flexibility index (Phi) is 8.65. The van der Waals surface area contributed by atoms with Crippen LogP contribution in [0.4, 0.5) is 0 Å². The first-order chi connectivity index (χ1) is 17.9. The van der Waals surface area contributed by atoms with Crippen molar-refractivity contribution >= 4 is 61.3 Å². The fourth-order valence-electron chi connectivity index (χ4n) is 4.66. The predicted octanol–water partition coefficient (Wildman–Crippen LogP) is 8.12. The van der Waals surface area contributed by atoms with Crippen LogP contribution in [-0.2, 0) is 31.3 Å². The molecule has 0 saturated carbocycles. The van der Waals surface area contributed by atoms with Crippen LogP contribution in [0.25, 0.3) is 52.2 Å². The van der Waals surface area contributed by atoms with E-state index in [4.69, 9.17) is 10.1 Å². The summed E-state index contributed by atoms with van der Waals surface area (Å²) in [6.07, 6.45) is 2.23. The zero-order valence-corrected chi connectivity index (χ0v) is 25.9. The second-order valence-electron chi connectivity index (χ2n) is 9.31. The maximum atomic E-state index is 10.0. The van der Waals surface area contributed by atoms with Crippen LogP contribution in [0.5, 0.6) is 0 Å². The number of ketones is 1. The van der Waals surface area contributed by atoms with Gasteiger partial charge in [0.1, 0.15) is 0 Å². The van der Waals surface area contributed by atoms with E-state index in [1.807, 2.05) is 0 Å². The number of benzene rings is 4. The first kappa shape index (κ1) is 28.0. The maximum Gasteiger partial charge on any atom is 0 e. The van der Waals surface area contributed by atoms with E-state index < -0.39 is 0 Å². The molecule has 2 aromatic heterocycles. The van der Waals surface area contributed by atoms with Crippen molar-refractivity contribution in [2.24, 2.45) is 0 Å². The van der Waals surface area contributed by atoms with Crippen molar-refractivity contribution in [2.45, 2.75) is 34.1 Å². The van der Waals surface area contributed by atoms with E-state index in [2.05, 4.69) is 92.7 Å². The molecule has 0 amide bonds. The van der Waals surface area contributed by atoms with Gasteiger partial charge in [0.05, 0.1) is 5.76 Å². The van der Waals surface area contributed by atoms with Crippen molar-refractivity contribution < 1.29 is 30.0 Å². The molecule has 6 rings (SSSR count). The number of aromatic nitrogens is 1. The number of carbonyl (C=O) groups excluding carboxylic acids is 1. The van der Waals surface area contributed by atoms with Gasteiger partial charge in [0.15, 0.2) is 5.78 Å². The van der Waals surface area contributed by atoms with Crippen LogP contribution in [0.15, 0.2) is 84.6 Å². The first-order valence-electron chi connectivity index (χ1n) is 12.4. The third-order valence-electron chi connectivity index (χ3n) is 6.40. The van der Waals surface area contributed by atoms with Crippen molar-refractivity contribution in [1.82, 2.24) is 4.98 Å². The summed E-state index contributed by atoms with van der Waals surface area (Å²) < 4.78 is 2.89. The van der Waals surface area contributed by atoms with Gasteiger partial charge in [-0.15, -0.1) is 0 Å².